The van der Waals surface area contributed by atoms with Crippen molar-refractivity contribution in [2.24, 2.45) is 5.41 Å². The summed E-state index contributed by atoms with van der Waals surface area (Å²) in [4.78, 5) is 2.55. The van der Waals surface area contributed by atoms with Crippen LogP contribution in [0.4, 0.5) is 0 Å². The molecule has 1 aromatic heterocycles. The number of aryl methyl sites for hydroxylation is 2. The molecule has 1 unspecified atom stereocenters. The van der Waals surface area contributed by atoms with Gasteiger partial charge in [-0.2, -0.15) is 0 Å². The Labute approximate surface area is 97.2 Å². The Kier molecular flexibility index (Phi) is 3.96. The number of hydrogen-bond acceptors (Lipinski definition) is 2. The third kappa shape index (κ3) is 3.96. The molecule has 0 spiro atoms. The first-order valence-corrected chi connectivity index (χ1v) is 6.36. The first-order valence-electron chi connectivity index (χ1n) is 5.54. The predicted molar refractivity (Wildman–Crippen MR) is 67.4 cm³/mol. The molecule has 1 atom stereocenters. The smallest absolute Gasteiger partial charge is 0.0801 e. The molecule has 0 aromatic carbocycles. The van der Waals surface area contributed by atoms with E-state index < -0.39 is 0 Å². The number of thiophene rings is 1. The topological polar surface area (TPSA) is 20.2 Å². The van der Waals surface area contributed by atoms with Crippen molar-refractivity contribution in [1.29, 1.82) is 0 Å². The van der Waals surface area contributed by atoms with E-state index in [0.717, 1.165) is 18.4 Å². The highest BCUT2D eigenvalue weighted by Gasteiger charge is 2.17. The van der Waals surface area contributed by atoms with E-state index in [4.69, 9.17) is 0 Å². The van der Waals surface area contributed by atoms with Crippen molar-refractivity contribution in [2.75, 3.05) is 0 Å². The lowest BCUT2D eigenvalue weighted by molar-refractivity contribution is 0.147. The van der Waals surface area contributed by atoms with Crippen molar-refractivity contribution in [3.8, 4) is 0 Å². The van der Waals surface area contributed by atoms with Gasteiger partial charge < -0.3 is 5.11 Å². The molecule has 1 aromatic rings. The molecule has 0 amide bonds. The van der Waals surface area contributed by atoms with Gasteiger partial charge >= 0.3 is 0 Å². The maximum Gasteiger partial charge on any atom is 0.0801 e. The predicted octanol–water partition coefficient (Wildman–Crippen LogP) is 4.22. The van der Waals surface area contributed by atoms with Crippen LogP contribution in [0.3, 0.4) is 0 Å². The van der Waals surface area contributed by atoms with Crippen molar-refractivity contribution in [3.05, 3.63) is 21.4 Å². The van der Waals surface area contributed by atoms with Crippen LogP contribution in [0.5, 0.6) is 0 Å². The molecule has 0 aliphatic carbocycles. The third-order valence-electron chi connectivity index (χ3n) is 2.61. The van der Waals surface area contributed by atoms with E-state index in [-0.39, 0.29) is 6.10 Å². The molecule has 0 radical (unpaired) electrons. The van der Waals surface area contributed by atoms with E-state index in [1.807, 2.05) is 0 Å². The second kappa shape index (κ2) is 4.67. The quantitative estimate of drug-likeness (QED) is 0.818. The van der Waals surface area contributed by atoms with Gasteiger partial charge in [-0.1, -0.05) is 20.8 Å². The highest BCUT2D eigenvalue weighted by Crippen LogP contribution is 2.32. The fourth-order valence-electron chi connectivity index (χ4n) is 1.71. The van der Waals surface area contributed by atoms with Gasteiger partial charge in [-0.15, -0.1) is 11.3 Å². The van der Waals surface area contributed by atoms with E-state index in [0.29, 0.717) is 5.41 Å². The van der Waals surface area contributed by atoms with Crippen molar-refractivity contribution in [1.82, 2.24) is 0 Å². The molecule has 2 heteroatoms. The Hall–Kier alpha value is -0.340. The van der Waals surface area contributed by atoms with Crippen molar-refractivity contribution < 1.29 is 5.11 Å². The molecule has 1 N–H and O–H groups in total. The summed E-state index contributed by atoms with van der Waals surface area (Å²) in [5.41, 5.74) is 1.43. The molecule has 0 aliphatic rings. The summed E-state index contributed by atoms with van der Waals surface area (Å²) < 4.78 is 0. The Morgan fingerprint density at radius 2 is 1.93 bits per heavy atom. The molecule has 0 fully saturated rings. The minimum absolute atomic E-state index is 0.283. The van der Waals surface area contributed by atoms with Crippen LogP contribution in [0.25, 0.3) is 0 Å². The molecule has 0 saturated heterocycles. The fourth-order valence-corrected chi connectivity index (χ4v) is 2.69. The number of aliphatic hydroxyl groups excluding tert-OH is 1. The lowest BCUT2D eigenvalue weighted by Gasteiger charge is -2.20. The number of hydrogen-bond donors (Lipinski definition) is 1. The normalized spacial score (nSPS) is 14.3. The highest BCUT2D eigenvalue weighted by molar-refractivity contribution is 7.12. The lowest BCUT2D eigenvalue weighted by Crippen LogP contribution is -2.08. The number of rotatable bonds is 3. The zero-order chi connectivity index (χ0) is 11.6. The van der Waals surface area contributed by atoms with Crippen LogP contribution in [0, 0.1) is 19.3 Å². The fraction of sp³-hybridized carbons (Fsp3) is 0.692. The van der Waals surface area contributed by atoms with Crippen LogP contribution < -0.4 is 0 Å². The minimum atomic E-state index is -0.283. The Balaban J connectivity index is 2.61. The summed E-state index contributed by atoms with van der Waals surface area (Å²) in [6.45, 7) is 10.8. The largest absolute Gasteiger partial charge is 0.388 e. The maximum atomic E-state index is 10.1. The zero-order valence-corrected chi connectivity index (χ0v) is 11.2. The summed E-state index contributed by atoms with van der Waals surface area (Å²) in [5, 5.41) is 10.1. The summed E-state index contributed by atoms with van der Waals surface area (Å²) in [5.74, 6) is 0. The van der Waals surface area contributed by atoms with Crippen LogP contribution in [-0.2, 0) is 0 Å². The van der Waals surface area contributed by atoms with Gasteiger partial charge in [0.25, 0.3) is 0 Å². The molecule has 1 nitrogen and oxygen atoms in total. The van der Waals surface area contributed by atoms with Gasteiger partial charge in [0.2, 0.25) is 0 Å². The Bertz CT molecular complexity index is 320. The lowest BCUT2D eigenvalue weighted by atomic mass is 9.88. The van der Waals surface area contributed by atoms with Crippen LogP contribution in [0.1, 0.15) is 55.0 Å². The summed E-state index contributed by atoms with van der Waals surface area (Å²) >= 11 is 1.77. The van der Waals surface area contributed by atoms with E-state index in [1.54, 1.807) is 11.3 Å². The van der Waals surface area contributed by atoms with E-state index in [2.05, 4.69) is 40.7 Å². The van der Waals surface area contributed by atoms with Gasteiger partial charge in [0.05, 0.1) is 6.10 Å². The molecular formula is C13H22OS. The standard InChI is InChI=1S/C13H22OS/c1-9-8-11(10(2)15-9)12(14)6-7-13(3,4)5/h8,12,14H,6-7H2,1-5H3. The van der Waals surface area contributed by atoms with Crippen LogP contribution >= 0.6 is 11.3 Å². The van der Waals surface area contributed by atoms with Crippen molar-refractivity contribution >= 4 is 11.3 Å². The molecule has 0 bridgehead atoms. The minimum Gasteiger partial charge on any atom is -0.388 e. The van der Waals surface area contributed by atoms with Gasteiger partial charge in [0, 0.05) is 9.75 Å². The average molecular weight is 226 g/mol. The van der Waals surface area contributed by atoms with E-state index in [1.165, 1.54) is 9.75 Å². The monoisotopic (exact) mass is 226 g/mol. The van der Waals surface area contributed by atoms with Gasteiger partial charge in [-0.3, -0.25) is 0 Å². The van der Waals surface area contributed by atoms with Crippen LogP contribution in [0.15, 0.2) is 6.07 Å². The molecular weight excluding hydrogens is 204 g/mol. The molecule has 15 heavy (non-hydrogen) atoms. The Morgan fingerprint density at radius 3 is 2.33 bits per heavy atom. The molecule has 1 rings (SSSR count). The van der Waals surface area contributed by atoms with Crippen molar-refractivity contribution in [3.63, 3.8) is 0 Å². The molecule has 86 valence electrons. The van der Waals surface area contributed by atoms with Gasteiger partial charge in [0.15, 0.2) is 0 Å². The summed E-state index contributed by atoms with van der Waals surface area (Å²) in [7, 11) is 0. The third-order valence-corrected chi connectivity index (χ3v) is 3.59. The van der Waals surface area contributed by atoms with E-state index >= 15 is 0 Å². The molecule has 0 aliphatic heterocycles. The zero-order valence-electron chi connectivity index (χ0n) is 10.4. The van der Waals surface area contributed by atoms with Gasteiger partial charge in [0.1, 0.15) is 0 Å². The van der Waals surface area contributed by atoms with Crippen molar-refractivity contribution in [2.45, 2.75) is 53.6 Å². The maximum absolute atomic E-state index is 10.1. The molecule has 0 saturated carbocycles. The average Bonchev–Trinajstić information content (AvgIpc) is 2.40. The Morgan fingerprint density at radius 1 is 1.33 bits per heavy atom. The SMILES string of the molecule is Cc1cc(C(O)CCC(C)(C)C)c(C)s1. The molecule has 1 heterocycles. The summed E-state index contributed by atoms with van der Waals surface area (Å²) in [6.07, 6.45) is 1.64. The van der Waals surface area contributed by atoms with Gasteiger partial charge in [-0.05, 0) is 43.7 Å². The van der Waals surface area contributed by atoms with Crippen LogP contribution in [-0.4, -0.2) is 5.11 Å². The first kappa shape index (κ1) is 12.7. The highest BCUT2D eigenvalue weighted by atomic mass is 32.1. The second-order valence-corrected chi connectivity index (χ2v) is 6.94. The number of aliphatic hydroxyl groups is 1. The summed E-state index contributed by atoms with van der Waals surface area (Å²) in [6, 6.07) is 2.12. The second-order valence-electron chi connectivity index (χ2n) is 5.48. The first-order chi connectivity index (χ1) is 6.79. The van der Waals surface area contributed by atoms with Gasteiger partial charge in [-0.25, -0.2) is 0 Å². The van der Waals surface area contributed by atoms with E-state index in [9.17, 15) is 5.11 Å². The van der Waals surface area contributed by atoms with Crippen LogP contribution in [0.2, 0.25) is 0 Å².